The van der Waals surface area contributed by atoms with Crippen LogP contribution in [0.4, 0.5) is 17.6 Å². The highest BCUT2D eigenvalue weighted by atomic mass is 16.3. The Labute approximate surface area is 200 Å². The quantitative estimate of drug-likeness (QED) is 0.622. The predicted octanol–water partition coefficient (Wildman–Crippen LogP) is 3.04. The van der Waals surface area contributed by atoms with Crippen LogP contribution in [0.3, 0.4) is 0 Å². The van der Waals surface area contributed by atoms with E-state index >= 15 is 0 Å². The Morgan fingerprint density at radius 2 is 1.88 bits per heavy atom. The van der Waals surface area contributed by atoms with Crippen molar-refractivity contribution in [1.82, 2.24) is 25.1 Å². The summed E-state index contributed by atoms with van der Waals surface area (Å²) in [4.78, 5) is 27.0. The molecule has 1 saturated carbocycles. The Morgan fingerprint density at radius 3 is 2.71 bits per heavy atom. The largest absolute Gasteiger partial charge is 0.391 e. The van der Waals surface area contributed by atoms with E-state index in [4.69, 9.17) is 9.97 Å². The number of carbonyl (C=O) groups excluding carboxylic acids is 1. The average Bonchev–Trinajstić information content (AvgIpc) is 3.65. The monoisotopic (exact) mass is 465 g/mol. The highest BCUT2D eigenvalue weighted by molar-refractivity contribution is 5.85. The summed E-state index contributed by atoms with van der Waals surface area (Å²) in [5.41, 5.74) is 3.39. The van der Waals surface area contributed by atoms with Gasteiger partial charge in [-0.3, -0.25) is 9.89 Å². The number of aryl methyl sites for hydroxylation is 1. The van der Waals surface area contributed by atoms with Gasteiger partial charge >= 0.3 is 0 Å². The van der Waals surface area contributed by atoms with Crippen LogP contribution in [0.5, 0.6) is 0 Å². The predicted molar refractivity (Wildman–Crippen MR) is 129 cm³/mol. The van der Waals surface area contributed by atoms with Gasteiger partial charge in [0.1, 0.15) is 11.9 Å². The van der Waals surface area contributed by atoms with Gasteiger partial charge in [-0.1, -0.05) is 12.8 Å². The average molecular weight is 466 g/mol. The summed E-state index contributed by atoms with van der Waals surface area (Å²) < 4.78 is 0. The van der Waals surface area contributed by atoms with Crippen molar-refractivity contribution < 1.29 is 9.90 Å². The molecule has 2 aromatic heterocycles. The van der Waals surface area contributed by atoms with Crippen LogP contribution in [0.15, 0.2) is 6.07 Å². The fourth-order valence-electron chi connectivity index (χ4n) is 6.21. The van der Waals surface area contributed by atoms with Gasteiger partial charge in [0.25, 0.3) is 0 Å². The molecular weight excluding hydrogens is 430 g/mol. The molecule has 0 spiro atoms. The number of fused-ring (bicyclic) bond motifs is 1. The number of β-amino-alcohol motifs (C(OH)–C–C–N with tert-alkyl or cyclic N) is 1. The van der Waals surface area contributed by atoms with Crippen LogP contribution in [-0.4, -0.2) is 67.9 Å². The number of hydrogen-bond acceptors (Lipinski definition) is 7. The molecule has 3 N–H and O–H groups in total. The van der Waals surface area contributed by atoms with Gasteiger partial charge in [0, 0.05) is 49.3 Å². The SMILES string of the molecule is O=C([C@@H]1C[C@H](O)CN1c1nc2c(c(Nc3cc(C4CCCC4)[nH]n3)n1)CCC2)N1CCCCC1. The zero-order valence-corrected chi connectivity index (χ0v) is 19.8. The molecule has 9 heteroatoms. The standard InChI is InChI=1S/C25H35N7O2/c33-17-13-21(24(34)31-11-4-1-5-12-31)32(15-17)25-26-19-10-6-9-18(19)23(28-25)27-22-14-20(29-30-22)16-7-2-3-8-16/h14,16-17,21,33H,1-13,15H2,(H2,26,27,28,29,30)/t17-,21-/m0/s1. The van der Waals surface area contributed by atoms with Crippen LogP contribution in [-0.2, 0) is 17.6 Å². The molecule has 1 amide bonds. The number of nitrogens with one attached hydrogen (secondary N) is 2. The second-order valence-electron chi connectivity index (χ2n) is 10.4. The minimum atomic E-state index is -0.549. The fraction of sp³-hybridized carbons (Fsp3) is 0.680. The molecule has 34 heavy (non-hydrogen) atoms. The maximum atomic E-state index is 13.4. The first-order valence-corrected chi connectivity index (χ1v) is 13.1. The smallest absolute Gasteiger partial charge is 0.245 e. The lowest BCUT2D eigenvalue weighted by Crippen LogP contribution is -2.48. The Balaban J connectivity index is 1.27. The van der Waals surface area contributed by atoms with Crippen LogP contribution in [0.2, 0.25) is 0 Å². The van der Waals surface area contributed by atoms with Crippen LogP contribution in [0, 0.1) is 0 Å². The number of aliphatic hydroxyl groups excluding tert-OH is 1. The normalized spacial score (nSPS) is 25.2. The van der Waals surface area contributed by atoms with Gasteiger partial charge in [0.05, 0.1) is 11.8 Å². The minimum Gasteiger partial charge on any atom is -0.391 e. The van der Waals surface area contributed by atoms with Crippen molar-refractivity contribution in [3.05, 3.63) is 23.0 Å². The molecule has 182 valence electrons. The number of hydrogen-bond donors (Lipinski definition) is 3. The summed E-state index contributed by atoms with van der Waals surface area (Å²) in [7, 11) is 0. The molecule has 6 rings (SSSR count). The van der Waals surface area contributed by atoms with E-state index < -0.39 is 12.1 Å². The number of aromatic amines is 1. The van der Waals surface area contributed by atoms with Crippen molar-refractivity contribution in [2.24, 2.45) is 0 Å². The maximum absolute atomic E-state index is 13.4. The van der Waals surface area contributed by atoms with E-state index in [-0.39, 0.29) is 5.91 Å². The Kier molecular flexibility index (Phi) is 5.89. The van der Waals surface area contributed by atoms with Crippen molar-refractivity contribution in [2.45, 2.75) is 88.7 Å². The number of rotatable bonds is 5. The first-order chi connectivity index (χ1) is 16.7. The molecule has 9 nitrogen and oxygen atoms in total. The van der Waals surface area contributed by atoms with E-state index in [1.165, 1.54) is 37.8 Å². The van der Waals surface area contributed by atoms with Crippen molar-refractivity contribution in [3.8, 4) is 0 Å². The third-order valence-electron chi connectivity index (χ3n) is 8.05. The molecule has 2 aliphatic heterocycles. The highest BCUT2D eigenvalue weighted by Crippen LogP contribution is 2.36. The first kappa shape index (κ1) is 21.8. The van der Waals surface area contributed by atoms with Crippen LogP contribution in [0.25, 0.3) is 0 Å². The van der Waals surface area contributed by atoms with E-state index in [1.54, 1.807) is 0 Å². The summed E-state index contributed by atoms with van der Waals surface area (Å²) >= 11 is 0. The Morgan fingerprint density at radius 1 is 1.06 bits per heavy atom. The van der Waals surface area contributed by atoms with E-state index in [9.17, 15) is 9.90 Å². The minimum absolute atomic E-state index is 0.100. The van der Waals surface area contributed by atoms with E-state index in [0.717, 1.165) is 68.1 Å². The molecule has 2 saturated heterocycles. The number of H-pyrrole nitrogens is 1. The van der Waals surface area contributed by atoms with Gasteiger partial charge < -0.3 is 20.2 Å². The molecule has 0 radical (unpaired) electrons. The number of amides is 1. The topological polar surface area (TPSA) is 110 Å². The molecular formula is C25H35N7O2. The summed E-state index contributed by atoms with van der Waals surface area (Å²) in [5.74, 6) is 2.78. The lowest BCUT2D eigenvalue weighted by molar-refractivity contribution is -0.133. The Hall–Kier alpha value is -2.68. The number of likely N-dealkylation sites (tertiary alicyclic amines) is 1. The number of nitrogens with zero attached hydrogens (tertiary/aromatic N) is 5. The molecule has 2 aliphatic carbocycles. The zero-order valence-electron chi connectivity index (χ0n) is 19.8. The van der Waals surface area contributed by atoms with Crippen molar-refractivity contribution in [2.75, 3.05) is 29.9 Å². The molecule has 0 aromatic carbocycles. The molecule has 0 bridgehead atoms. The number of carbonyl (C=O) groups is 1. The molecule has 4 aliphatic rings. The van der Waals surface area contributed by atoms with Gasteiger partial charge in [-0.2, -0.15) is 10.1 Å². The van der Waals surface area contributed by atoms with E-state index in [1.807, 2.05) is 9.80 Å². The second-order valence-corrected chi connectivity index (χ2v) is 10.4. The third-order valence-corrected chi connectivity index (χ3v) is 8.05. The van der Waals surface area contributed by atoms with Gasteiger partial charge in [0.15, 0.2) is 5.82 Å². The molecule has 0 unspecified atom stereocenters. The fourth-order valence-corrected chi connectivity index (χ4v) is 6.21. The number of anilines is 3. The lowest BCUT2D eigenvalue weighted by atomic mass is 10.0. The third kappa shape index (κ3) is 4.15. The van der Waals surface area contributed by atoms with Crippen LogP contribution >= 0.6 is 0 Å². The zero-order chi connectivity index (χ0) is 23.1. The number of aromatic nitrogens is 4. The highest BCUT2D eigenvalue weighted by Gasteiger charge is 2.40. The maximum Gasteiger partial charge on any atom is 0.245 e. The number of aliphatic hydroxyl groups is 1. The summed E-state index contributed by atoms with van der Waals surface area (Å²) in [6.07, 6.45) is 11.1. The van der Waals surface area contributed by atoms with Crippen molar-refractivity contribution in [1.29, 1.82) is 0 Å². The van der Waals surface area contributed by atoms with Gasteiger partial charge in [-0.25, -0.2) is 4.98 Å². The Bertz CT molecular complexity index is 1040. The van der Waals surface area contributed by atoms with Crippen molar-refractivity contribution in [3.63, 3.8) is 0 Å². The summed E-state index contributed by atoms with van der Waals surface area (Å²) in [6, 6.07) is 1.71. The van der Waals surface area contributed by atoms with Crippen LogP contribution in [0.1, 0.15) is 80.7 Å². The summed E-state index contributed by atoms with van der Waals surface area (Å²) in [6.45, 7) is 2.00. The molecule has 3 fully saturated rings. The second kappa shape index (κ2) is 9.17. The van der Waals surface area contributed by atoms with Crippen LogP contribution < -0.4 is 10.2 Å². The van der Waals surface area contributed by atoms with Gasteiger partial charge in [0.2, 0.25) is 11.9 Å². The number of piperidine rings is 1. The van der Waals surface area contributed by atoms with E-state index in [2.05, 4.69) is 21.6 Å². The van der Waals surface area contributed by atoms with Gasteiger partial charge in [-0.05, 0) is 51.4 Å². The molecule has 2 aromatic rings. The van der Waals surface area contributed by atoms with Crippen molar-refractivity contribution >= 4 is 23.5 Å². The lowest BCUT2D eigenvalue weighted by Gasteiger charge is -2.32. The summed E-state index contributed by atoms with van der Waals surface area (Å²) in [5, 5.41) is 21.7. The van der Waals surface area contributed by atoms with E-state index in [0.29, 0.717) is 24.8 Å². The van der Waals surface area contributed by atoms with Gasteiger partial charge in [-0.15, -0.1) is 0 Å². The molecule has 4 heterocycles. The first-order valence-electron chi connectivity index (χ1n) is 13.1. The molecule has 2 atom stereocenters.